The Kier molecular flexibility index (Phi) is 14.4. The summed E-state index contributed by atoms with van der Waals surface area (Å²) in [6.45, 7) is 2.20. The van der Waals surface area contributed by atoms with Crippen molar-refractivity contribution in [3.05, 3.63) is 0 Å². The maximum absolute atomic E-state index is 13.6. The third-order valence-corrected chi connectivity index (χ3v) is 3.75. The SMILES string of the molecule is CCCCCCC[C@H](F)CCCCCCCC(=O)OC. The molecule has 0 aliphatic rings. The summed E-state index contributed by atoms with van der Waals surface area (Å²) in [5.74, 6) is -0.128. The molecule has 0 amide bonds. The van der Waals surface area contributed by atoms with Gasteiger partial charge in [-0.1, -0.05) is 64.7 Å². The Bertz CT molecular complexity index is 219. The van der Waals surface area contributed by atoms with Crippen molar-refractivity contribution in [2.24, 2.45) is 0 Å². The van der Waals surface area contributed by atoms with Crippen LogP contribution in [-0.2, 0) is 9.53 Å². The summed E-state index contributed by atoms with van der Waals surface area (Å²) in [6, 6.07) is 0. The van der Waals surface area contributed by atoms with Crippen LogP contribution in [0.5, 0.6) is 0 Å². The lowest BCUT2D eigenvalue weighted by Gasteiger charge is -2.08. The molecule has 0 unspecified atom stereocenters. The molecule has 0 N–H and O–H groups in total. The molecule has 0 heterocycles. The number of halogens is 1. The largest absolute Gasteiger partial charge is 0.469 e. The Morgan fingerprint density at radius 3 is 1.95 bits per heavy atom. The molecular weight excluding hydrogens is 255 g/mol. The van der Waals surface area contributed by atoms with Crippen LogP contribution < -0.4 is 0 Å². The lowest BCUT2D eigenvalue weighted by molar-refractivity contribution is -0.140. The van der Waals surface area contributed by atoms with Gasteiger partial charge in [-0.05, 0) is 19.3 Å². The van der Waals surface area contributed by atoms with Gasteiger partial charge in [0.1, 0.15) is 6.17 Å². The molecule has 0 aliphatic carbocycles. The molecule has 0 rings (SSSR count). The van der Waals surface area contributed by atoms with E-state index in [-0.39, 0.29) is 5.97 Å². The van der Waals surface area contributed by atoms with E-state index in [0.29, 0.717) is 12.8 Å². The van der Waals surface area contributed by atoms with Crippen molar-refractivity contribution in [3.63, 3.8) is 0 Å². The van der Waals surface area contributed by atoms with E-state index in [1.54, 1.807) is 0 Å². The number of carbonyl (C=O) groups is 1. The second-order valence-corrected chi connectivity index (χ2v) is 5.68. The van der Waals surface area contributed by atoms with Gasteiger partial charge in [0.05, 0.1) is 7.11 Å². The summed E-state index contributed by atoms with van der Waals surface area (Å²) in [6.07, 6.45) is 12.5. The molecule has 3 heteroatoms. The molecule has 20 heavy (non-hydrogen) atoms. The number of unbranched alkanes of at least 4 members (excludes halogenated alkanes) is 8. The molecule has 0 spiro atoms. The van der Waals surface area contributed by atoms with E-state index in [2.05, 4.69) is 11.7 Å². The summed E-state index contributed by atoms with van der Waals surface area (Å²) in [5, 5.41) is 0. The van der Waals surface area contributed by atoms with Gasteiger partial charge in [-0.25, -0.2) is 4.39 Å². The zero-order valence-corrected chi connectivity index (χ0v) is 13.5. The zero-order chi connectivity index (χ0) is 15.1. The Labute approximate surface area is 124 Å². The number of rotatable bonds is 14. The molecule has 0 aromatic carbocycles. The second kappa shape index (κ2) is 14.8. The van der Waals surface area contributed by atoms with Crippen molar-refractivity contribution in [1.29, 1.82) is 0 Å². The van der Waals surface area contributed by atoms with Crippen LogP contribution in [0, 0.1) is 0 Å². The van der Waals surface area contributed by atoms with E-state index < -0.39 is 6.17 Å². The molecule has 2 nitrogen and oxygen atoms in total. The second-order valence-electron chi connectivity index (χ2n) is 5.68. The highest BCUT2D eigenvalue weighted by Gasteiger charge is 2.06. The third kappa shape index (κ3) is 13.8. The van der Waals surface area contributed by atoms with Crippen LogP contribution in [0.2, 0.25) is 0 Å². The topological polar surface area (TPSA) is 26.3 Å². The first-order valence-electron chi connectivity index (χ1n) is 8.41. The van der Waals surface area contributed by atoms with Gasteiger partial charge in [0.2, 0.25) is 0 Å². The highest BCUT2D eigenvalue weighted by Crippen LogP contribution is 2.16. The minimum atomic E-state index is -0.605. The lowest BCUT2D eigenvalue weighted by Crippen LogP contribution is -2.00. The Hall–Kier alpha value is -0.600. The standard InChI is InChI=1S/C17H33FO2/c1-3-4-5-7-10-13-16(18)14-11-8-6-9-12-15-17(19)20-2/h16H,3-15H2,1-2H3/t16-/m0/s1. The van der Waals surface area contributed by atoms with Crippen LogP contribution in [0.25, 0.3) is 0 Å². The van der Waals surface area contributed by atoms with Gasteiger partial charge >= 0.3 is 5.97 Å². The molecule has 0 saturated heterocycles. The number of ether oxygens (including phenoxy) is 1. The predicted octanol–water partition coefficient (Wildman–Crippen LogP) is 5.59. The maximum Gasteiger partial charge on any atom is 0.305 e. The van der Waals surface area contributed by atoms with Crippen LogP contribution >= 0.6 is 0 Å². The number of hydrogen-bond donors (Lipinski definition) is 0. The molecule has 120 valence electrons. The highest BCUT2D eigenvalue weighted by molar-refractivity contribution is 5.68. The normalized spacial score (nSPS) is 12.3. The molecule has 1 atom stereocenters. The summed E-state index contributed by atoms with van der Waals surface area (Å²) < 4.78 is 18.2. The first-order chi connectivity index (χ1) is 9.70. The number of hydrogen-bond acceptors (Lipinski definition) is 2. The molecule has 0 bridgehead atoms. The van der Waals surface area contributed by atoms with Gasteiger partial charge in [-0.15, -0.1) is 0 Å². The van der Waals surface area contributed by atoms with E-state index in [4.69, 9.17) is 0 Å². The Morgan fingerprint density at radius 2 is 1.40 bits per heavy atom. The number of esters is 1. The van der Waals surface area contributed by atoms with Gasteiger partial charge in [-0.2, -0.15) is 0 Å². The van der Waals surface area contributed by atoms with Crippen LogP contribution in [0.4, 0.5) is 4.39 Å². The number of methoxy groups -OCH3 is 1. The van der Waals surface area contributed by atoms with Crippen molar-refractivity contribution >= 4 is 5.97 Å². The zero-order valence-electron chi connectivity index (χ0n) is 13.5. The highest BCUT2D eigenvalue weighted by atomic mass is 19.1. The number of alkyl halides is 1. The van der Waals surface area contributed by atoms with Crippen LogP contribution in [-0.4, -0.2) is 19.3 Å². The van der Waals surface area contributed by atoms with Gasteiger partial charge < -0.3 is 4.74 Å². The minimum absolute atomic E-state index is 0.128. The van der Waals surface area contributed by atoms with E-state index >= 15 is 0 Å². The van der Waals surface area contributed by atoms with Crippen LogP contribution in [0.15, 0.2) is 0 Å². The average molecular weight is 288 g/mol. The summed E-state index contributed by atoms with van der Waals surface area (Å²) >= 11 is 0. The fourth-order valence-corrected chi connectivity index (χ4v) is 2.38. The van der Waals surface area contributed by atoms with Crippen molar-refractivity contribution in [3.8, 4) is 0 Å². The Balaban J connectivity index is 3.18. The molecule has 0 radical (unpaired) electrons. The average Bonchev–Trinajstić information content (AvgIpc) is 2.45. The van der Waals surface area contributed by atoms with Gasteiger partial charge in [-0.3, -0.25) is 4.79 Å². The monoisotopic (exact) mass is 288 g/mol. The van der Waals surface area contributed by atoms with Crippen molar-refractivity contribution < 1.29 is 13.9 Å². The first kappa shape index (κ1) is 19.4. The van der Waals surface area contributed by atoms with E-state index in [1.807, 2.05) is 0 Å². The van der Waals surface area contributed by atoms with Gasteiger partial charge in [0, 0.05) is 6.42 Å². The van der Waals surface area contributed by atoms with Crippen molar-refractivity contribution in [2.45, 2.75) is 96.6 Å². The molecule has 0 aliphatic heterocycles. The van der Waals surface area contributed by atoms with Crippen LogP contribution in [0.3, 0.4) is 0 Å². The van der Waals surface area contributed by atoms with Crippen molar-refractivity contribution in [1.82, 2.24) is 0 Å². The van der Waals surface area contributed by atoms with E-state index in [9.17, 15) is 9.18 Å². The quantitative estimate of drug-likeness (QED) is 0.308. The predicted molar refractivity (Wildman–Crippen MR) is 82.6 cm³/mol. The molecule has 0 fully saturated rings. The molecule has 0 saturated carbocycles. The lowest BCUT2D eigenvalue weighted by atomic mass is 10.0. The van der Waals surface area contributed by atoms with Crippen LogP contribution in [0.1, 0.15) is 90.4 Å². The smallest absolute Gasteiger partial charge is 0.305 e. The summed E-state index contributed by atoms with van der Waals surface area (Å²) in [7, 11) is 1.42. The molecule has 0 aromatic rings. The Morgan fingerprint density at radius 1 is 0.900 bits per heavy atom. The molecular formula is C17H33FO2. The van der Waals surface area contributed by atoms with Crippen molar-refractivity contribution in [2.75, 3.05) is 7.11 Å². The summed E-state index contributed by atoms with van der Waals surface area (Å²) in [4.78, 5) is 10.9. The molecule has 0 aromatic heterocycles. The summed E-state index contributed by atoms with van der Waals surface area (Å²) in [5.41, 5.74) is 0. The number of carbonyl (C=O) groups excluding carboxylic acids is 1. The van der Waals surface area contributed by atoms with E-state index in [0.717, 1.165) is 44.9 Å². The minimum Gasteiger partial charge on any atom is -0.469 e. The first-order valence-corrected chi connectivity index (χ1v) is 8.41. The fraction of sp³-hybridized carbons (Fsp3) is 0.941. The maximum atomic E-state index is 13.6. The van der Waals surface area contributed by atoms with Gasteiger partial charge in [0.15, 0.2) is 0 Å². The van der Waals surface area contributed by atoms with E-state index in [1.165, 1.54) is 32.8 Å². The van der Waals surface area contributed by atoms with Gasteiger partial charge in [0.25, 0.3) is 0 Å². The fourth-order valence-electron chi connectivity index (χ4n) is 2.38. The third-order valence-electron chi connectivity index (χ3n) is 3.75.